The van der Waals surface area contributed by atoms with Crippen LogP contribution in [0, 0.1) is 5.92 Å². The smallest absolute Gasteiger partial charge is 0.406 e. The minimum atomic E-state index is -4.79. The molecule has 2 heterocycles. The third kappa shape index (κ3) is 4.08. The molecule has 2 atom stereocenters. The van der Waals surface area contributed by atoms with Crippen molar-refractivity contribution >= 4 is 38.4 Å². The maximum absolute atomic E-state index is 12.3. The molecule has 3 aliphatic rings. The molecule has 1 aliphatic carbocycles. The summed E-state index contributed by atoms with van der Waals surface area (Å²) in [6.07, 6.45) is -3.20. The Morgan fingerprint density at radius 3 is 2.44 bits per heavy atom. The van der Waals surface area contributed by atoms with Crippen molar-refractivity contribution in [2.45, 2.75) is 30.5 Å². The number of carbonyl (C=O) groups is 1. The van der Waals surface area contributed by atoms with Crippen LogP contribution in [-0.4, -0.2) is 48.7 Å². The Bertz CT molecular complexity index is 895. The second kappa shape index (κ2) is 6.40. The highest BCUT2D eigenvalue weighted by Gasteiger charge is 2.49. The molecule has 1 amide bonds. The Morgan fingerprint density at radius 2 is 1.85 bits per heavy atom. The van der Waals surface area contributed by atoms with E-state index in [9.17, 15) is 26.4 Å². The van der Waals surface area contributed by atoms with Gasteiger partial charge in [0.15, 0.2) is 15.0 Å². The summed E-state index contributed by atoms with van der Waals surface area (Å²) in [7, 11) is -3.21. The number of rotatable bonds is 3. The quantitative estimate of drug-likeness (QED) is 0.748. The molecule has 146 valence electrons. The third-order valence-corrected chi connectivity index (χ3v) is 7.76. The number of hydrogen-bond donors (Lipinski definition) is 0. The van der Waals surface area contributed by atoms with Crippen molar-refractivity contribution in [3.63, 3.8) is 0 Å². The molecule has 6 nitrogen and oxygen atoms in total. The summed E-state index contributed by atoms with van der Waals surface area (Å²) >= 11 is 1.24. The summed E-state index contributed by atoms with van der Waals surface area (Å²) in [5.74, 6) is -0.775. The molecule has 11 heteroatoms. The summed E-state index contributed by atoms with van der Waals surface area (Å²) in [6.45, 7) is 0. The predicted octanol–water partition coefficient (Wildman–Crippen LogP) is 2.60. The van der Waals surface area contributed by atoms with Crippen LogP contribution in [0.5, 0.6) is 5.75 Å². The highest BCUT2D eigenvalue weighted by Crippen LogP contribution is 2.42. The molecule has 1 aromatic carbocycles. The van der Waals surface area contributed by atoms with Gasteiger partial charge in [-0.1, -0.05) is 11.8 Å². The number of alkyl halides is 3. The van der Waals surface area contributed by atoms with Crippen LogP contribution in [0.25, 0.3) is 0 Å². The first-order chi connectivity index (χ1) is 12.6. The number of thioether (sulfide) groups is 1. The molecule has 0 N–H and O–H groups in total. The molecule has 0 spiro atoms. The normalized spacial score (nSPS) is 28.4. The molecule has 0 aromatic heterocycles. The summed E-state index contributed by atoms with van der Waals surface area (Å²) in [5.41, 5.74) is 0.476. The average molecular weight is 420 g/mol. The van der Waals surface area contributed by atoms with Gasteiger partial charge in [0.2, 0.25) is 0 Å². The minimum absolute atomic E-state index is 0.00919. The van der Waals surface area contributed by atoms with Crippen LogP contribution in [0.2, 0.25) is 0 Å². The minimum Gasteiger partial charge on any atom is -0.406 e. The number of carbonyl (C=O) groups excluding carboxylic acids is 1. The number of anilines is 1. The van der Waals surface area contributed by atoms with Crippen molar-refractivity contribution in [3.05, 3.63) is 24.3 Å². The Balaban J connectivity index is 1.64. The zero-order valence-corrected chi connectivity index (χ0v) is 15.5. The molecule has 1 saturated carbocycles. The number of amides is 1. The van der Waals surface area contributed by atoms with Crippen molar-refractivity contribution in [1.82, 2.24) is 0 Å². The molecule has 3 fully saturated rings. The molecule has 2 aliphatic heterocycles. The standard InChI is InChI=1S/C16H15F3N2O4S2/c17-16(18,19)25-11-5-3-10(4-6-11)21-12-7-27(23,24)8-13(12)26-15(21)20-14(22)9-1-2-9/h3-6,9,12-13H,1-2,7-8H2/t12-,13+/m0/s1. The molecular formula is C16H15F3N2O4S2. The number of nitrogens with zero attached hydrogens (tertiary/aromatic N) is 2. The van der Waals surface area contributed by atoms with Crippen LogP contribution in [0.3, 0.4) is 0 Å². The van der Waals surface area contributed by atoms with Gasteiger partial charge < -0.3 is 9.64 Å². The molecule has 0 radical (unpaired) electrons. The number of halogens is 3. The number of hydrogen-bond acceptors (Lipinski definition) is 5. The van der Waals surface area contributed by atoms with E-state index in [2.05, 4.69) is 9.73 Å². The van der Waals surface area contributed by atoms with Crippen molar-refractivity contribution in [1.29, 1.82) is 0 Å². The number of benzene rings is 1. The van der Waals surface area contributed by atoms with Crippen molar-refractivity contribution in [2.24, 2.45) is 10.9 Å². The number of sulfone groups is 1. The highest BCUT2D eigenvalue weighted by molar-refractivity contribution is 8.16. The Morgan fingerprint density at radius 1 is 1.19 bits per heavy atom. The van der Waals surface area contributed by atoms with Gasteiger partial charge in [0.05, 0.1) is 17.5 Å². The zero-order valence-electron chi connectivity index (χ0n) is 13.8. The zero-order chi connectivity index (χ0) is 19.4. The number of amidine groups is 1. The largest absolute Gasteiger partial charge is 0.573 e. The molecule has 0 bridgehead atoms. The third-order valence-electron chi connectivity index (χ3n) is 4.55. The average Bonchev–Trinajstić information content (AvgIpc) is 3.28. The van der Waals surface area contributed by atoms with Gasteiger partial charge in [-0.05, 0) is 37.1 Å². The van der Waals surface area contributed by atoms with Crippen molar-refractivity contribution in [3.8, 4) is 5.75 Å². The van der Waals surface area contributed by atoms with E-state index in [1.165, 1.54) is 23.9 Å². The second-order valence-corrected chi connectivity index (χ2v) is 10.1. The van der Waals surface area contributed by atoms with Gasteiger partial charge in [0.1, 0.15) is 5.75 Å². The van der Waals surface area contributed by atoms with Crippen molar-refractivity contribution < 1.29 is 31.1 Å². The van der Waals surface area contributed by atoms with E-state index in [0.29, 0.717) is 10.9 Å². The molecular weight excluding hydrogens is 405 g/mol. The summed E-state index contributed by atoms with van der Waals surface area (Å²) in [6, 6.07) is 4.73. The first-order valence-corrected chi connectivity index (χ1v) is 11.0. The first kappa shape index (κ1) is 18.6. The van der Waals surface area contributed by atoms with Crippen LogP contribution in [0.15, 0.2) is 29.3 Å². The maximum atomic E-state index is 12.3. The lowest BCUT2D eigenvalue weighted by Crippen LogP contribution is -2.37. The van der Waals surface area contributed by atoms with E-state index in [4.69, 9.17) is 0 Å². The number of fused-ring (bicyclic) bond motifs is 1. The fraction of sp³-hybridized carbons (Fsp3) is 0.500. The Hall–Kier alpha value is -1.75. The van der Waals surface area contributed by atoms with E-state index in [1.54, 1.807) is 4.90 Å². The van der Waals surface area contributed by atoms with Crippen LogP contribution < -0.4 is 9.64 Å². The Labute approximate surface area is 157 Å². The van der Waals surface area contributed by atoms with Crippen LogP contribution >= 0.6 is 11.8 Å². The lowest BCUT2D eigenvalue weighted by atomic mass is 10.2. The topological polar surface area (TPSA) is 76.0 Å². The van der Waals surface area contributed by atoms with Gasteiger partial charge in [0.25, 0.3) is 5.91 Å². The van der Waals surface area contributed by atoms with E-state index in [0.717, 1.165) is 25.0 Å². The molecule has 1 aromatic rings. The van der Waals surface area contributed by atoms with Gasteiger partial charge in [-0.3, -0.25) is 4.79 Å². The summed E-state index contributed by atoms with van der Waals surface area (Å²) < 4.78 is 64.8. The maximum Gasteiger partial charge on any atom is 0.573 e. The fourth-order valence-electron chi connectivity index (χ4n) is 3.19. The monoisotopic (exact) mass is 420 g/mol. The lowest BCUT2D eigenvalue weighted by Gasteiger charge is -2.24. The van der Waals surface area contributed by atoms with Gasteiger partial charge in [-0.2, -0.15) is 4.99 Å². The summed E-state index contributed by atoms with van der Waals surface area (Å²) in [4.78, 5) is 17.9. The van der Waals surface area contributed by atoms with Gasteiger partial charge in [0, 0.05) is 16.9 Å². The van der Waals surface area contributed by atoms with E-state index >= 15 is 0 Å². The van der Waals surface area contributed by atoms with Gasteiger partial charge >= 0.3 is 6.36 Å². The Kier molecular flexibility index (Phi) is 4.41. The van der Waals surface area contributed by atoms with Gasteiger partial charge in [-0.15, -0.1) is 13.2 Å². The predicted molar refractivity (Wildman–Crippen MR) is 94.6 cm³/mol. The van der Waals surface area contributed by atoms with Crippen LogP contribution in [0.1, 0.15) is 12.8 Å². The van der Waals surface area contributed by atoms with Crippen LogP contribution in [-0.2, 0) is 14.6 Å². The molecule has 0 unspecified atom stereocenters. The number of ether oxygens (including phenoxy) is 1. The highest BCUT2D eigenvalue weighted by atomic mass is 32.2. The van der Waals surface area contributed by atoms with Crippen LogP contribution in [0.4, 0.5) is 18.9 Å². The summed E-state index contributed by atoms with van der Waals surface area (Å²) in [5, 5.41) is 0.146. The molecule has 27 heavy (non-hydrogen) atoms. The second-order valence-electron chi connectivity index (χ2n) is 6.72. The van der Waals surface area contributed by atoms with E-state index in [1.807, 2.05) is 0 Å². The number of aliphatic imine (C=N–C) groups is 1. The van der Waals surface area contributed by atoms with E-state index in [-0.39, 0.29) is 34.3 Å². The first-order valence-electron chi connectivity index (χ1n) is 8.26. The SMILES string of the molecule is O=C(N=C1S[C@@H]2CS(=O)(=O)C[C@@H]2N1c1ccc(OC(F)(F)F)cc1)C1CC1. The molecule has 2 saturated heterocycles. The van der Waals surface area contributed by atoms with E-state index < -0.39 is 22.2 Å². The van der Waals surface area contributed by atoms with Crippen molar-refractivity contribution in [2.75, 3.05) is 16.4 Å². The van der Waals surface area contributed by atoms with Gasteiger partial charge in [-0.25, -0.2) is 8.42 Å². The fourth-order valence-corrected chi connectivity index (χ4v) is 7.11. The lowest BCUT2D eigenvalue weighted by molar-refractivity contribution is -0.274. The molecule has 4 rings (SSSR count).